The van der Waals surface area contributed by atoms with Crippen LogP contribution in [0.5, 0.6) is 0 Å². The molecule has 2 N–H and O–H groups in total. The lowest BCUT2D eigenvalue weighted by atomic mass is 9.90. The number of carbonyl (C=O) groups is 2. The van der Waals surface area contributed by atoms with E-state index in [1.807, 2.05) is 18.2 Å². The van der Waals surface area contributed by atoms with Crippen LogP contribution in [0.25, 0.3) is 0 Å². The Labute approximate surface area is 126 Å². The van der Waals surface area contributed by atoms with Gasteiger partial charge in [0.05, 0.1) is 6.42 Å². The molecule has 4 heteroatoms. The molecule has 2 rings (SSSR count). The van der Waals surface area contributed by atoms with E-state index < -0.39 is 0 Å². The first-order valence-electron chi connectivity index (χ1n) is 7.70. The van der Waals surface area contributed by atoms with Gasteiger partial charge >= 0.3 is 0 Å². The van der Waals surface area contributed by atoms with E-state index in [1.54, 1.807) is 0 Å². The maximum Gasteiger partial charge on any atom is 0.228 e. The monoisotopic (exact) mass is 288 g/mol. The van der Waals surface area contributed by atoms with Gasteiger partial charge in [0.2, 0.25) is 11.8 Å². The van der Waals surface area contributed by atoms with Crippen LogP contribution in [-0.2, 0) is 22.6 Å². The summed E-state index contributed by atoms with van der Waals surface area (Å²) in [5, 5.41) is 5.84. The zero-order valence-electron chi connectivity index (χ0n) is 13.0. The van der Waals surface area contributed by atoms with Crippen molar-refractivity contribution in [1.82, 2.24) is 5.32 Å². The van der Waals surface area contributed by atoms with Crippen molar-refractivity contribution in [2.24, 2.45) is 11.8 Å². The largest absolute Gasteiger partial charge is 0.352 e. The summed E-state index contributed by atoms with van der Waals surface area (Å²) < 4.78 is 0. The third kappa shape index (κ3) is 3.84. The maximum atomic E-state index is 12.3. The van der Waals surface area contributed by atoms with E-state index in [-0.39, 0.29) is 17.7 Å². The van der Waals surface area contributed by atoms with E-state index in [0.717, 1.165) is 29.7 Å². The second kappa shape index (κ2) is 6.74. The summed E-state index contributed by atoms with van der Waals surface area (Å²) >= 11 is 0. The molecule has 0 fully saturated rings. The predicted molar refractivity (Wildman–Crippen MR) is 83.9 cm³/mol. The molecular weight excluding hydrogens is 264 g/mol. The highest BCUT2D eigenvalue weighted by molar-refractivity contribution is 5.99. The zero-order valence-corrected chi connectivity index (χ0v) is 13.0. The highest BCUT2D eigenvalue weighted by atomic mass is 16.2. The molecule has 0 radical (unpaired) electrons. The normalized spacial score (nSPS) is 14.8. The standard InChI is InChI=1S/C17H24N2O2/c1-4-5-14(11(2)3)17(21)18-10-12-6-7-15-13(8-12)9-16(20)19-15/h6-8,11,14H,4-5,9-10H2,1-3H3,(H,18,21)(H,19,20)/t14-/m0/s1. The molecule has 0 unspecified atom stereocenters. The van der Waals surface area contributed by atoms with Crippen LogP contribution in [0.1, 0.15) is 44.7 Å². The van der Waals surface area contributed by atoms with Gasteiger partial charge in [-0.05, 0) is 29.5 Å². The smallest absolute Gasteiger partial charge is 0.228 e. The Balaban J connectivity index is 1.95. The number of hydrogen-bond acceptors (Lipinski definition) is 2. The van der Waals surface area contributed by atoms with Crippen molar-refractivity contribution < 1.29 is 9.59 Å². The molecule has 21 heavy (non-hydrogen) atoms. The lowest BCUT2D eigenvalue weighted by Gasteiger charge is -2.19. The summed E-state index contributed by atoms with van der Waals surface area (Å²) in [4.78, 5) is 23.6. The van der Waals surface area contributed by atoms with E-state index in [1.165, 1.54) is 0 Å². The molecule has 0 bridgehead atoms. The van der Waals surface area contributed by atoms with Crippen molar-refractivity contribution in [3.63, 3.8) is 0 Å². The average Bonchev–Trinajstić information content (AvgIpc) is 2.81. The van der Waals surface area contributed by atoms with Crippen LogP contribution < -0.4 is 10.6 Å². The first-order valence-corrected chi connectivity index (χ1v) is 7.70. The quantitative estimate of drug-likeness (QED) is 0.845. The van der Waals surface area contributed by atoms with Gasteiger partial charge in [0.15, 0.2) is 0 Å². The van der Waals surface area contributed by atoms with Gasteiger partial charge in [0.1, 0.15) is 0 Å². The first-order chi connectivity index (χ1) is 10.0. The molecule has 1 atom stereocenters. The molecule has 0 saturated heterocycles. The van der Waals surface area contributed by atoms with E-state index in [0.29, 0.717) is 18.9 Å². The van der Waals surface area contributed by atoms with Gasteiger partial charge in [0.25, 0.3) is 0 Å². The average molecular weight is 288 g/mol. The van der Waals surface area contributed by atoms with Gasteiger partial charge in [0, 0.05) is 18.2 Å². The zero-order chi connectivity index (χ0) is 15.4. The summed E-state index contributed by atoms with van der Waals surface area (Å²) in [6, 6.07) is 5.86. The van der Waals surface area contributed by atoms with E-state index in [9.17, 15) is 9.59 Å². The molecule has 1 heterocycles. The van der Waals surface area contributed by atoms with Crippen LogP contribution in [0.15, 0.2) is 18.2 Å². The highest BCUT2D eigenvalue weighted by Gasteiger charge is 2.21. The SMILES string of the molecule is CCC[C@H](C(=O)NCc1ccc2c(c1)CC(=O)N2)C(C)C. The Hall–Kier alpha value is -1.84. The summed E-state index contributed by atoms with van der Waals surface area (Å²) in [6.07, 6.45) is 2.37. The van der Waals surface area contributed by atoms with Gasteiger partial charge in [-0.1, -0.05) is 39.3 Å². The number of fused-ring (bicyclic) bond motifs is 1. The van der Waals surface area contributed by atoms with Gasteiger partial charge in [-0.2, -0.15) is 0 Å². The topological polar surface area (TPSA) is 58.2 Å². The van der Waals surface area contributed by atoms with Gasteiger partial charge < -0.3 is 10.6 Å². The molecular formula is C17H24N2O2. The molecule has 0 saturated carbocycles. The van der Waals surface area contributed by atoms with Crippen LogP contribution in [0.2, 0.25) is 0 Å². The highest BCUT2D eigenvalue weighted by Crippen LogP contribution is 2.24. The number of anilines is 1. The fourth-order valence-corrected chi connectivity index (χ4v) is 2.79. The number of hydrogen-bond donors (Lipinski definition) is 2. The number of benzene rings is 1. The van der Waals surface area contributed by atoms with E-state index in [2.05, 4.69) is 31.4 Å². The minimum Gasteiger partial charge on any atom is -0.352 e. The number of amides is 2. The van der Waals surface area contributed by atoms with Crippen LogP contribution >= 0.6 is 0 Å². The fourth-order valence-electron chi connectivity index (χ4n) is 2.79. The van der Waals surface area contributed by atoms with E-state index in [4.69, 9.17) is 0 Å². The Morgan fingerprint density at radius 3 is 2.81 bits per heavy atom. The Bertz CT molecular complexity index is 538. The predicted octanol–water partition coefficient (Wildman–Crippen LogP) is 2.87. The Kier molecular flexibility index (Phi) is 4.99. The molecule has 0 spiro atoms. The Morgan fingerprint density at radius 2 is 2.14 bits per heavy atom. The van der Waals surface area contributed by atoms with Crippen molar-refractivity contribution >= 4 is 17.5 Å². The Morgan fingerprint density at radius 1 is 1.38 bits per heavy atom. The van der Waals surface area contributed by atoms with Crippen molar-refractivity contribution in [1.29, 1.82) is 0 Å². The summed E-state index contributed by atoms with van der Waals surface area (Å²) in [5.41, 5.74) is 2.94. The fraction of sp³-hybridized carbons (Fsp3) is 0.529. The van der Waals surface area contributed by atoms with Crippen LogP contribution in [0.4, 0.5) is 5.69 Å². The summed E-state index contributed by atoms with van der Waals surface area (Å²) in [7, 11) is 0. The second-order valence-corrected chi connectivity index (χ2v) is 6.07. The number of rotatable bonds is 6. The minimum absolute atomic E-state index is 0.0361. The second-order valence-electron chi connectivity index (χ2n) is 6.07. The van der Waals surface area contributed by atoms with Gasteiger partial charge in [-0.15, -0.1) is 0 Å². The van der Waals surface area contributed by atoms with Crippen molar-refractivity contribution in [2.75, 3.05) is 5.32 Å². The number of carbonyl (C=O) groups excluding carboxylic acids is 2. The summed E-state index contributed by atoms with van der Waals surface area (Å²) in [6.45, 7) is 6.81. The van der Waals surface area contributed by atoms with Gasteiger partial charge in [-0.3, -0.25) is 9.59 Å². The van der Waals surface area contributed by atoms with Crippen LogP contribution in [-0.4, -0.2) is 11.8 Å². The third-order valence-electron chi connectivity index (χ3n) is 4.00. The molecule has 0 aliphatic carbocycles. The minimum atomic E-state index is 0.0361. The number of nitrogens with one attached hydrogen (secondary N) is 2. The first kappa shape index (κ1) is 15.5. The molecule has 2 amide bonds. The molecule has 1 aliphatic rings. The summed E-state index contributed by atoms with van der Waals surface area (Å²) in [5.74, 6) is 0.593. The van der Waals surface area contributed by atoms with Crippen molar-refractivity contribution in [3.8, 4) is 0 Å². The van der Waals surface area contributed by atoms with Crippen LogP contribution in [0.3, 0.4) is 0 Å². The van der Waals surface area contributed by atoms with Gasteiger partial charge in [-0.25, -0.2) is 0 Å². The van der Waals surface area contributed by atoms with Crippen molar-refractivity contribution in [2.45, 2.75) is 46.6 Å². The van der Waals surface area contributed by atoms with E-state index >= 15 is 0 Å². The molecule has 1 aromatic carbocycles. The van der Waals surface area contributed by atoms with Crippen molar-refractivity contribution in [3.05, 3.63) is 29.3 Å². The third-order valence-corrected chi connectivity index (χ3v) is 4.00. The molecule has 114 valence electrons. The lowest BCUT2D eigenvalue weighted by molar-refractivity contribution is -0.126. The van der Waals surface area contributed by atoms with Crippen LogP contribution in [0, 0.1) is 11.8 Å². The lowest BCUT2D eigenvalue weighted by Crippen LogP contribution is -2.33. The maximum absolute atomic E-state index is 12.3. The molecule has 1 aromatic rings. The molecule has 0 aromatic heterocycles. The molecule has 4 nitrogen and oxygen atoms in total. The molecule has 1 aliphatic heterocycles.